The predicted molar refractivity (Wildman–Crippen MR) is 61.8 cm³/mol. The Morgan fingerprint density at radius 1 is 1.71 bits per heavy atom. The summed E-state index contributed by atoms with van der Waals surface area (Å²) in [5.41, 5.74) is 0.744. The predicted octanol–water partition coefficient (Wildman–Crippen LogP) is 1.19. The van der Waals surface area contributed by atoms with Gasteiger partial charge in [-0.3, -0.25) is 4.79 Å². The lowest BCUT2D eigenvalue weighted by Gasteiger charge is -2.07. The minimum Gasteiger partial charge on any atom is -0.481 e. The molecule has 5 nitrogen and oxygen atoms in total. The van der Waals surface area contributed by atoms with E-state index >= 15 is 0 Å². The number of oxazole rings is 1. The summed E-state index contributed by atoms with van der Waals surface area (Å²) in [5.74, 6) is 0.559. The number of aromatic nitrogens is 1. The number of rotatable bonds is 5. The molecule has 1 aliphatic rings. The number of carbonyl (C=O) groups is 1. The molecule has 1 aromatic rings. The Kier molecular flexibility index (Phi) is 3.78. The van der Waals surface area contributed by atoms with Crippen molar-refractivity contribution >= 4 is 5.97 Å². The van der Waals surface area contributed by atoms with Gasteiger partial charge in [0.15, 0.2) is 5.89 Å². The number of aryl methyl sites for hydroxylation is 1. The van der Waals surface area contributed by atoms with Gasteiger partial charge in [0.2, 0.25) is 0 Å². The van der Waals surface area contributed by atoms with Crippen LogP contribution in [-0.4, -0.2) is 41.1 Å². The molecule has 0 aliphatic carbocycles. The summed E-state index contributed by atoms with van der Waals surface area (Å²) >= 11 is 0. The average molecular weight is 238 g/mol. The maximum atomic E-state index is 10.4. The summed E-state index contributed by atoms with van der Waals surface area (Å²) in [5, 5.41) is 8.58. The molecule has 0 bridgehead atoms. The van der Waals surface area contributed by atoms with Gasteiger partial charge in [-0.25, -0.2) is 4.98 Å². The van der Waals surface area contributed by atoms with Crippen molar-refractivity contribution in [3.8, 4) is 0 Å². The Bertz CT molecular complexity index is 389. The molecular formula is C12H18N2O3. The maximum Gasteiger partial charge on any atom is 0.303 e. The second-order valence-corrected chi connectivity index (χ2v) is 4.75. The third-order valence-electron chi connectivity index (χ3n) is 3.15. The van der Waals surface area contributed by atoms with Crippen molar-refractivity contribution in [2.75, 3.05) is 20.1 Å². The van der Waals surface area contributed by atoms with Gasteiger partial charge < -0.3 is 14.4 Å². The molecule has 0 aromatic carbocycles. The normalized spacial score (nSPS) is 20.9. The van der Waals surface area contributed by atoms with Crippen LogP contribution in [-0.2, 0) is 17.6 Å². The van der Waals surface area contributed by atoms with Crippen molar-refractivity contribution in [2.45, 2.75) is 25.7 Å². The third kappa shape index (κ3) is 3.56. The van der Waals surface area contributed by atoms with E-state index in [0.717, 1.165) is 31.1 Å². The van der Waals surface area contributed by atoms with Crippen LogP contribution < -0.4 is 0 Å². The molecule has 0 amide bonds. The van der Waals surface area contributed by atoms with E-state index < -0.39 is 5.97 Å². The molecule has 1 unspecified atom stereocenters. The molecule has 2 rings (SSSR count). The van der Waals surface area contributed by atoms with Crippen LogP contribution in [0.1, 0.15) is 24.4 Å². The molecule has 0 saturated carbocycles. The number of likely N-dealkylation sites (tertiary alicyclic amines) is 1. The molecule has 1 aromatic heterocycles. The first-order valence-electron chi connectivity index (χ1n) is 5.97. The Morgan fingerprint density at radius 2 is 2.53 bits per heavy atom. The highest BCUT2D eigenvalue weighted by Gasteiger charge is 2.21. The van der Waals surface area contributed by atoms with Crippen LogP contribution in [0.2, 0.25) is 0 Å². The largest absolute Gasteiger partial charge is 0.481 e. The van der Waals surface area contributed by atoms with Gasteiger partial charge in [0.25, 0.3) is 0 Å². The van der Waals surface area contributed by atoms with E-state index in [9.17, 15) is 4.79 Å². The van der Waals surface area contributed by atoms with Crippen molar-refractivity contribution in [1.29, 1.82) is 0 Å². The highest BCUT2D eigenvalue weighted by atomic mass is 16.4. The first-order chi connectivity index (χ1) is 8.13. The summed E-state index contributed by atoms with van der Waals surface area (Å²) < 4.78 is 5.37. The number of aliphatic carboxylic acids is 1. The van der Waals surface area contributed by atoms with Crippen LogP contribution in [0.15, 0.2) is 10.7 Å². The zero-order valence-electron chi connectivity index (χ0n) is 10.1. The summed E-state index contributed by atoms with van der Waals surface area (Å²) in [6.45, 7) is 2.23. The van der Waals surface area contributed by atoms with Crippen LogP contribution in [0.3, 0.4) is 0 Å². The Morgan fingerprint density at radius 3 is 3.18 bits per heavy atom. The molecule has 2 heterocycles. The summed E-state index contributed by atoms with van der Waals surface area (Å²) in [6.07, 6.45) is 4.18. The Hall–Kier alpha value is -1.36. The molecule has 1 saturated heterocycles. The molecule has 94 valence electrons. The first-order valence-corrected chi connectivity index (χ1v) is 5.97. The summed E-state index contributed by atoms with van der Waals surface area (Å²) in [6, 6.07) is 0. The van der Waals surface area contributed by atoms with Crippen molar-refractivity contribution in [3.63, 3.8) is 0 Å². The molecule has 1 N–H and O–H groups in total. The number of hydrogen-bond acceptors (Lipinski definition) is 4. The van der Waals surface area contributed by atoms with Crippen LogP contribution in [0.25, 0.3) is 0 Å². The number of carboxylic acid groups (broad SMARTS) is 1. The smallest absolute Gasteiger partial charge is 0.303 e. The molecule has 5 heteroatoms. The highest BCUT2D eigenvalue weighted by Crippen LogP contribution is 2.19. The van der Waals surface area contributed by atoms with Crippen molar-refractivity contribution in [3.05, 3.63) is 17.8 Å². The molecule has 17 heavy (non-hydrogen) atoms. The van der Waals surface area contributed by atoms with Crippen LogP contribution in [0.4, 0.5) is 0 Å². The fourth-order valence-corrected chi connectivity index (χ4v) is 2.23. The van der Waals surface area contributed by atoms with Crippen molar-refractivity contribution in [2.24, 2.45) is 5.92 Å². The van der Waals surface area contributed by atoms with Gasteiger partial charge in [-0.2, -0.15) is 0 Å². The molecule has 1 atom stereocenters. The van der Waals surface area contributed by atoms with Gasteiger partial charge in [0.05, 0.1) is 12.1 Å². The fourth-order valence-electron chi connectivity index (χ4n) is 2.23. The van der Waals surface area contributed by atoms with E-state index in [4.69, 9.17) is 9.52 Å². The summed E-state index contributed by atoms with van der Waals surface area (Å²) in [7, 11) is 2.12. The van der Waals surface area contributed by atoms with Gasteiger partial charge in [-0.15, -0.1) is 0 Å². The molecule has 0 radical (unpaired) electrons. The maximum absolute atomic E-state index is 10.4. The minimum atomic E-state index is -0.799. The second-order valence-electron chi connectivity index (χ2n) is 4.75. The lowest BCUT2D eigenvalue weighted by Crippen LogP contribution is -2.15. The van der Waals surface area contributed by atoms with E-state index in [2.05, 4.69) is 16.9 Å². The van der Waals surface area contributed by atoms with E-state index in [1.807, 2.05) is 0 Å². The Balaban J connectivity index is 1.83. The van der Waals surface area contributed by atoms with E-state index in [1.165, 1.54) is 6.42 Å². The zero-order valence-corrected chi connectivity index (χ0v) is 10.1. The summed E-state index contributed by atoms with van der Waals surface area (Å²) in [4.78, 5) is 17.1. The second kappa shape index (κ2) is 5.31. The first kappa shape index (κ1) is 12.1. The van der Waals surface area contributed by atoms with E-state index in [1.54, 1.807) is 6.26 Å². The van der Waals surface area contributed by atoms with Crippen LogP contribution in [0, 0.1) is 5.92 Å². The SMILES string of the molecule is CN1CCC(Cc2nc(CCC(=O)O)co2)C1. The van der Waals surface area contributed by atoms with Gasteiger partial charge in [-0.05, 0) is 25.9 Å². The quantitative estimate of drug-likeness (QED) is 0.834. The number of hydrogen-bond donors (Lipinski definition) is 1. The monoisotopic (exact) mass is 238 g/mol. The topological polar surface area (TPSA) is 66.6 Å². The molecule has 0 spiro atoms. The van der Waals surface area contributed by atoms with E-state index in [0.29, 0.717) is 12.3 Å². The van der Waals surface area contributed by atoms with Crippen molar-refractivity contribution < 1.29 is 14.3 Å². The zero-order chi connectivity index (χ0) is 12.3. The molecule has 1 aliphatic heterocycles. The third-order valence-corrected chi connectivity index (χ3v) is 3.15. The average Bonchev–Trinajstić information content (AvgIpc) is 2.86. The van der Waals surface area contributed by atoms with Crippen LogP contribution in [0.5, 0.6) is 0 Å². The van der Waals surface area contributed by atoms with Gasteiger partial charge in [-0.1, -0.05) is 0 Å². The Labute approximate surface area is 100 Å². The van der Waals surface area contributed by atoms with Gasteiger partial charge in [0, 0.05) is 19.4 Å². The highest BCUT2D eigenvalue weighted by molar-refractivity contribution is 5.66. The van der Waals surface area contributed by atoms with Crippen LogP contribution >= 0.6 is 0 Å². The minimum absolute atomic E-state index is 0.109. The molecular weight excluding hydrogens is 220 g/mol. The van der Waals surface area contributed by atoms with E-state index in [-0.39, 0.29) is 6.42 Å². The fraction of sp³-hybridized carbons (Fsp3) is 0.667. The lowest BCUT2D eigenvalue weighted by molar-refractivity contribution is -0.136. The number of nitrogens with zero attached hydrogens (tertiary/aromatic N) is 2. The van der Waals surface area contributed by atoms with Crippen molar-refractivity contribution in [1.82, 2.24) is 9.88 Å². The van der Waals surface area contributed by atoms with Gasteiger partial charge in [0.1, 0.15) is 6.26 Å². The molecule has 1 fully saturated rings. The number of carboxylic acids is 1. The lowest BCUT2D eigenvalue weighted by atomic mass is 10.1. The van der Waals surface area contributed by atoms with Gasteiger partial charge >= 0.3 is 5.97 Å². The standard InChI is InChI=1S/C12H18N2O3/c1-14-5-4-9(7-14)6-11-13-10(8-17-11)2-3-12(15)16/h8-9H,2-7H2,1H3,(H,15,16).